The largest absolute Gasteiger partial charge is 0.463 e. The zero-order valence-corrected chi connectivity index (χ0v) is 15.5. The van der Waals surface area contributed by atoms with Crippen LogP contribution in [0.25, 0.3) is 22.5 Å². The van der Waals surface area contributed by atoms with Gasteiger partial charge in [-0.05, 0) is 50.8 Å². The van der Waals surface area contributed by atoms with Crippen LogP contribution in [0.1, 0.15) is 48.7 Å². The van der Waals surface area contributed by atoms with Crippen molar-refractivity contribution < 1.29 is 9.21 Å². The number of rotatable bonds is 3. The van der Waals surface area contributed by atoms with Gasteiger partial charge in [0.1, 0.15) is 5.69 Å². The molecule has 6 heteroatoms. The lowest BCUT2D eigenvalue weighted by Crippen LogP contribution is -2.43. The average Bonchev–Trinajstić information content (AvgIpc) is 3.29. The van der Waals surface area contributed by atoms with Gasteiger partial charge >= 0.3 is 0 Å². The summed E-state index contributed by atoms with van der Waals surface area (Å²) in [6.45, 7) is 4.90. The lowest BCUT2D eigenvalue weighted by Gasteiger charge is -2.35. The van der Waals surface area contributed by atoms with Gasteiger partial charge in [-0.3, -0.25) is 9.48 Å². The van der Waals surface area contributed by atoms with Crippen molar-refractivity contribution in [1.82, 2.24) is 19.7 Å². The second-order valence-electron chi connectivity index (χ2n) is 7.00. The molecular weight excluding hydrogens is 328 g/mol. The van der Waals surface area contributed by atoms with E-state index < -0.39 is 0 Å². The molecule has 1 aliphatic rings. The Morgan fingerprint density at radius 2 is 2.23 bits per heavy atom. The van der Waals surface area contributed by atoms with Crippen LogP contribution in [0.15, 0.2) is 28.9 Å². The molecule has 136 valence electrons. The predicted octanol–water partition coefficient (Wildman–Crippen LogP) is 3.94. The molecule has 1 amide bonds. The van der Waals surface area contributed by atoms with E-state index in [1.54, 1.807) is 10.9 Å². The van der Waals surface area contributed by atoms with Crippen LogP contribution in [-0.2, 0) is 7.05 Å². The molecule has 4 heterocycles. The van der Waals surface area contributed by atoms with Crippen molar-refractivity contribution in [3.05, 3.63) is 35.7 Å². The van der Waals surface area contributed by atoms with E-state index in [-0.39, 0.29) is 5.91 Å². The Morgan fingerprint density at radius 3 is 2.96 bits per heavy atom. The van der Waals surface area contributed by atoms with E-state index in [4.69, 9.17) is 9.40 Å². The zero-order chi connectivity index (χ0) is 18.3. The normalized spacial score (nSPS) is 17.8. The van der Waals surface area contributed by atoms with Gasteiger partial charge in [0, 0.05) is 19.6 Å². The smallest absolute Gasteiger partial charge is 0.255 e. The Hall–Kier alpha value is -2.63. The van der Waals surface area contributed by atoms with Gasteiger partial charge in [-0.15, -0.1) is 0 Å². The Bertz CT molecular complexity index is 943. The van der Waals surface area contributed by atoms with Crippen LogP contribution in [0.5, 0.6) is 0 Å². The monoisotopic (exact) mass is 352 g/mol. The van der Waals surface area contributed by atoms with Crippen molar-refractivity contribution in [1.29, 1.82) is 0 Å². The van der Waals surface area contributed by atoms with Crippen molar-refractivity contribution >= 4 is 16.9 Å². The molecule has 0 unspecified atom stereocenters. The van der Waals surface area contributed by atoms with Gasteiger partial charge in [-0.2, -0.15) is 5.10 Å². The highest BCUT2D eigenvalue weighted by molar-refractivity contribution is 6.07. The number of hydrogen-bond acceptors (Lipinski definition) is 4. The van der Waals surface area contributed by atoms with Crippen LogP contribution >= 0.6 is 0 Å². The molecule has 1 aliphatic heterocycles. The van der Waals surface area contributed by atoms with Crippen LogP contribution in [0.2, 0.25) is 0 Å². The summed E-state index contributed by atoms with van der Waals surface area (Å²) in [5.41, 5.74) is 2.88. The number of fused-ring (bicyclic) bond motifs is 1. The molecule has 0 aromatic carbocycles. The van der Waals surface area contributed by atoms with Crippen molar-refractivity contribution in [3.8, 4) is 11.5 Å². The van der Waals surface area contributed by atoms with Gasteiger partial charge in [0.15, 0.2) is 11.4 Å². The van der Waals surface area contributed by atoms with E-state index in [1.807, 2.05) is 37.1 Å². The average molecular weight is 352 g/mol. The molecule has 0 aliphatic carbocycles. The van der Waals surface area contributed by atoms with Crippen LogP contribution in [0.3, 0.4) is 0 Å². The third-order valence-electron chi connectivity index (χ3n) is 5.33. The number of carbonyl (C=O) groups excluding carboxylic acids is 1. The number of carbonyl (C=O) groups is 1. The van der Waals surface area contributed by atoms with Gasteiger partial charge in [-0.1, -0.05) is 6.92 Å². The number of aryl methyl sites for hydroxylation is 2. The lowest BCUT2D eigenvalue weighted by molar-refractivity contribution is 0.0610. The first-order valence-corrected chi connectivity index (χ1v) is 9.29. The topological polar surface area (TPSA) is 64.2 Å². The van der Waals surface area contributed by atoms with E-state index in [0.717, 1.165) is 36.9 Å². The summed E-state index contributed by atoms with van der Waals surface area (Å²) in [5.74, 6) is 0.735. The highest BCUT2D eigenvalue weighted by Crippen LogP contribution is 2.30. The van der Waals surface area contributed by atoms with E-state index in [9.17, 15) is 4.79 Å². The van der Waals surface area contributed by atoms with E-state index in [2.05, 4.69) is 12.0 Å². The minimum atomic E-state index is 0.0767. The van der Waals surface area contributed by atoms with Crippen molar-refractivity contribution in [2.24, 2.45) is 7.05 Å². The standard InChI is InChI=1S/C20H24N4O2/c1-4-14-8-5-6-10-24(14)20(25)15-12-16(17-9-7-11-26-17)21-19-18(15)13(2)22-23(19)3/h7,9,11-12,14H,4-6,8,10H2,1-3H3/t14-/m1/s1. The summed E-state index contributed by atoms with van der Waals surface area (Å²) < 4.78 is 7.26. The first kappa shape index (κ1) is 16.8. The number of hydrogen-bond donors (Lipinski definition) is 0. The molecule has 0 radical (unpaired) electrons. The molecular formula is C20H24N4O2. The predicted molar refractivity (Wildman–Crippen MR) is 99.9 cm³/mol. The van der Waals surface area contributed by atoms with Gasteiger partial charge in [0.05, 0.1) is 22.9 Å². The van der Waals surface area contributed by atoms with Crippen LogP contribution in [0.4, 0.5) is 0 Å². The lowest BCUT2D eigenvalue weighted by atomic mass is 9.98. The Morgan fingerprint density at radius 1 is 1.38 bits per heavy atom. The van der Waals surface area contributed by atoms with Crippen LogP contribution in [0, 0.1) is 6.92 Å². The molecule has 0 N–H and O–H groups in total. The maximum absolute atomic E-state index is 13.5. The number of piperidine rings is 1. The second-order valence-corrected chi connectivity index (χ2v) is 7.00. The zero-order valence-electron chi connectivity index (χ0n) is 15.5. The van der Waals surface area contributed by atoms with Crippen LogP contribution < -0.4 is 0 Å². The molecule has 26 heavy (non-hydrogen) atoms. The minimum absolute atomic E-state index is 0.0767. The molecule has 0 bridgehead atoms. The SMILES string of the molecule is CC[C@@H]1CCCCN1C(=O)c1cc(-c2ccco2)nc2c1c(C)nn2C. The summed E-state index contributed by atoms with van der Waals surface area (Å²) in [5, 5.41) is 5.33. The molecule has 6 nitrogen and oxygen atoms in total. The summed E-state index contributed by atoms with van der Waals surface area (Å²) in [6, 6.07) is 5.86. The molecule has 3 aromatic rings. The molecule has 4 rings (SSSR count). The number of furan rings is 1. The molecule has 3 aromatic heterocycles. The summed E-state index contributed by atoms with van der Waals surface area (Å²) in [7, 11) is 1.86. The number of nitrogens with zero attached hydrogens (tertiary/aromatic N) is 4. The Kier molecular flexibility index (Phi) is 4.26. The Balaban J connectivity index is 1.88. The molecule has 0 spiro atoms. The van der Waals surface area contributed by atoms with E-state index in [1.165, 1.54) is 6.42 Å². The Labute approximate surface area is 152 Å². The van der Waals surface area contributed by atoms with Gasteiger partial charge in [-0.25, -0.2) is 4.98 Å². The minimum Gasteiger partial charge on any atom is -0.463 e. The second kappa shape index (κ2) is 6.59. The van der Waals surface area contributed by atoms with E-state index >= 15 is 0 Å². The maximum atomic E-state index is 13.5. The fraction of sp³-hybridized carbons (Fsp3) is 0.450. The molecule has 1 atom stereocenters. The first-order valence-electron chi connectivity index (χ1n) is 9.29. The third-order valence-corrected chi connectivity index (χ3v) is 5.33. The third kappa shape index (κ3) is 2.69. The fourth-order valence-electron chi connectivity index (χ4n) is 4.01. The highest BCUT2D eigenvalue weighted by atomic mass is 16.3. The molecule has 1 saturated heterocycles. The quantitative estimate of drug-likeness (QED) is 0.716. The first-order chi connectivity index (χ1) is 12.6. The summed E-state index contributed by atoms with van der Waals surface area (Å²) >= 11 is 0. The maximum Gasteiger partial charge on any atom is 0.255 e. The fourth-order valence-corrected chi connectivity index (χ4v) is 4.01. The number of amides is 1. The molecule has 1 fully saturated rings. The number of aromatic nitrogens is 3. The van der Waals surface area contributed by atoms with Crippen molar-refractivity contribution in [2.45, 2.75) is 45.6 Å². The number of pyridine rings is 1. The summed E-state index contributed by atoms with van der Waals surface area (Å²) in [6.07, 6.45) is 5.94. The molecule has 0 saturated carbocycles. The number of likely N-dealkylation sites (tertiary alicyclic amines) is 1. The van der Waals surface area contributed by atoms with Crippen molar-refractivity contribution in [2.75, 3.05) is 6.54 Å². The van der Waals surface area contributed by atoms with Gasteiger partial charge in [0.25, 0.3) is 5.91 Å². The van der Waals surface area contributed by atoms with E-state index in [0.29, 0.717) is 28.7 Å². The highest BCUT2D eigenvalue weighted by Gasteiger charge is 2.29. The van der Waals surface area contributed by atoms with Gasteiger partial charge in [0.2, 0.25) is 0 Å². The van der Waals surface area contributed by atoms with Crippen LogP contribution in [-0.4, -0.2) is 38.2 Å². The van der Waals surface area contributed by atoms with Crippen molar-refractivity contribution in [3.63, 3.8) is 0 Å². The van der Waals surface area contributed by atoms with Gasteiger partial charge < -0.3 is 9.32 Å². The summed E-state index contributed by atoms with van der Waals surface area (Å²) in [4.78, 5) is 20.2.